The van der Waals surface area contributed by atoms with Crippen molar-refractivity contribution in [3.05, 3.63) is 82.4 Å². The lowest BCUT2D eigenvalue weighted by Crippen LogP contribution is -2.12. The van der Waals surface area contributed by atoms with Gasteiger partial charge in [-0.25, -0.2) is 4.98 Å². The summed E-state index contributed by atoms with van der Waals surface area (Å²) in [4.78, 5) is 21.6. The first kappa shape index (κ1) is 17.8. The maximum Gasteiger partial charge on any atom is 0.255 e. The highest BCUT2D eigenvalue weighted by Gasteiger charge is 2.26. The van der Waals surface area contributed by atoms with Crippen LogP contribution >= 0.6 is 11.3 Å². The van der Waals surface area contributed by atoms with Gasteiger partial charge in [0.05, 0.1) is 16.9 Å². The first-order chi connectivity index (χ1) is 14.3. The van der Waals surface area contributed by atoms with Crippen LogP contribution in [0.5, 0.6) is 5.75 Å². The highest BCUT2D eigenvalue weighted by molar-refractivity contribution is 7.09. The van der Waals surface area contributed by atoms with Crippen molar-refractivity contribution in [2.45, 2.75) is 25.4 Å². The van der Waals surface area contributed by atoms with Crippen LogP contribution in [0.1, 0.15) is 39.8 Å². The second-order valence-corrected chi connectivity index (χ2v) is 8.03. The summed E-state index contributed by atoms with van der Waals surface area (Å²) in [5.41, 5.74) is 3.24. The molecule has 0 unspecified atom stereocenters. The van der Waals surface area contributed by atoms with Crippen molar-refractivity contribution in [2.24, 2.45) is 0 Å². The molecule has 144 valence electrons. The maximum absolute atomic E-state index is 12.6. The third kappa shape index (κ3) is 3.98. The Morgan fingerprint density at radius 1 is 1.10 bits per heavy atom. The number of carbonyl (C=O) groups excluding carboxylic acids is 1. The second-order valence-electron chi connectivity index (χ2n) is 7.09. The fourth-order valence-electron chi connectivity index (χ4n) is 3.21. The quantitative estimate of drug-likeness (QED) is 0.470. The zero-order valence-corrected chi connectivity index (χ0v) is 16.5. The lowest BCUT2D eigenvalue weighted by molar-refractivity contribution is 0.102. The molecule has 5 rings (SSSR count). The number of hydrogen-bond donors (Lipinski definition) is 1. The number of fused-ring (bicyclic) bond motifs is 1. The number of ether oxygens (including phenoxy) is 1. The van der Waals surface area contributed by atoms with Gasteiger partial charge in [0.1, 0.15) is 17.4 Å². The molecule has 0 radical (unpaired) electrons. The molecule has 1 aliphatic rings. The zero-order chi connectivity index (χ0) is 19.6. The third-order valence-electron chi connectivity index (χ3n) is 4.92. The molecule has 1 saturated carbocycles. The zero-order valence-electron chi connectivity index (χ0n) is 15.7. The van der Waals surface area contributed by atoms with E-state index in [2.05, 4.69) is 20.7 Å². The number of thiazole rings is 1. The molecule has 0 spiro atoms. The summed E-state index contributed by atoms with van der Waals surface area (Å²) < 4.78 is 5.82. The smallest absolute Gasteiger partial charge is 0.255 e. The Morgan fingerprint density at radius 2 is 1.93 bits per heavy atom. The fourth-order valence-corrected chi connectivity index (χ4v) is 3.99. The summed E-state index contributed by atoms with van der Waals surface area (Å²) in [5, 5.41) is 7.05. The molecule has 0 aliphatic heterocycles. The lowest BCUT2D eigenvalue weighted by atomic mass is 10.1. The van der Waals surface area contributed by atoms with Gasteiger partial charge in [-0.1, -0.05) is 18.2 Å². The van der Waals surface area contributed by atoms with Gasteiger partial charge < -0.3 is 10.1 Å². The normalized spacial score (nSPS) is 13.4. The summed E-state index contributed by atoms with van der Waals surface area (Å²) in [6.07, 6.45) is 4.23. The van der Waals surface area contributed by atoms with E-state index in [1.165, 1.54) is 18.5 Å². The number of rotatable bonds is 6. The molecule has 0 atom stereocenters. The highest BCUT2D eigenvalue weighted by atomic mass is 32.1. The predicted octanol–water partition coefficient (Wildman–Crippen LogP) is 5.40. The number of benzene rings is 2. The Labute approximate surface area is 172 Å². The monoisotopic (exact) mass is 401 g/mol. The fraction of sp³-hybridized carbons (Fsp3) is 0.174. The number of nitrogens with one attached hydrogen (secondary N) is 1. The van der Waals surface area contributed by atoms with Gasteiger partial charge in [0, 0.05) is 28.4 Å². The van der Waals surface area contributed by atoms with E-state index in [0.717, 1.165) is 21.7 Å². The van der Waals surface area contributed by atoms with Gasteiger partial charge in [-0.05, 0) is 49.2 Å². The Bertz CT molecular complexity index is 1160. The van der Waals surface area contributed by atoms with Gasteiger partial charge in [-0.2, -0.15) is 0 Å². The van der Waals surface area contributed by atoms with Crippen LogP contribution in [0.2, 0.25) is 0 Å². The molecule has 4 aromatic rings. The Balaban J connectivity index is 1.23. The molecule has 0 saturated heterocycles. The van der Waals surface area contributed by atoms with Crippen molar-refractivity contribution in [3.8, 4) is 5.75 Å². The summed E-state index contributed by atoms with van der Waals surface area (Å²) in [7, 11) is 0. The second kappa shape index (κ2) is 7.64. The number of aromatic nitrogens is 2. The van der Waals surface area contributed by atoms with Crippen LogP contribution in [0.15, 0.2) is 66.2 Å². The summed E-state index contributed by atoms with van der Waals surface area (Å²) in [6.45, 7) is 0.449. The Morgan fingerprint density at radius 3 is 2.76 bits per heavy atom. The number of hydrogen-bond acceptors (Lipinski definition) is 5. The van der Waals surface area contributed by atoms with Gasteiger partial charge >= 0.3 is 0 Å². The minimum atomic E-state index is -0.177. The van der Waals surface area contributed by atoms with Crippen LogP contribution in [0.25, 0.3) is 10.9 Å². The maximum atomic E-state index is 12.6. The average Bonchev–Trinajstić information content (AvgIpc) is 3.51. The van der Waals surface area contributed by atoms with Crippen molar-refractivity contribution in [2.75, 3.05) is 5.32 Å². The van der Waals surface area contributed by atoms with E-state index < -0.39 is 0 Å². The molecule has 29 heavy (non-hydrogen) atoms. The summed E-state index contributed by atoms with van der Waals surface area (Å²) in [6, 6.07) is 16.7. The van der Waals surface area contributed by atoms with E-state index in [4.69, 9.17) is 4.74 Å². The number of nitrogens with zero attached hydrogens (tertiary/aromatic N) is 2. The van der Waals surface area contributed by atoms with E-state index in [-0.39, 0.29) is 5.91 Å². The molecule has 1 fully saturated rings. The number of pyridine rings is 1. The predicted molar refractivity (Wildman–Crippen MR) is 115 cm³/mol. The Hall–Kier alpha value is -3.25. The van der Waals surface area contributed by atoms with E-state index in [1.807, 2.05) is 42.5 Å². The minimum absolute atomic E-state index is 0.177. The molecule has 0 bridgehead atoms. The van der Waals surface area contributed by atoms with Gasteiger partial charge in [0.2, 0.25) is 0 Å². The Kier molecular flexibility index (Phi) is 4.69. The van der Waals surface area contributed by atoms with Crippen LogP contribution in [0, 0.1) is 0 Å². The topological polar surface area (TPSA) is 64.1 Å². The number of para-hydroxylation sites is 1. The van der Waals surface area contributed by atoms with Gasteiger partial charge in [0.15, 0.2) is 0 Å². The first-order valence-corrected chi connectivity index (χ1v) is 10.5. The molecule has 1 N–H and O–H groups in total. The van der Waals surface area contributed by atoms with E-state index in [0.29, 0.717) is 23.8 Å². The lowest BCUT2D eigenvalue weighted by Gasteiger charge is -2.09. The molecule has 2 heterocycles. The van der Waals surface area contributed by atoms with E-state index in [1.54, 1.807) is 29.7 Å². The average molecular weight is 401 g/mol. The van der Waals surface area contributed by atoms with Crippen molar-refractivity contribution < 1.29 is 9.53 Å². The molecular formula is C23H19N3O2S. The molecule has 6 heteroatoms. The molecule has 2 aromatic carbocycles. The van der Waals surface area contributed by atoms with Crippen molar-refractivity contribution in [1.82, 2.24) is 9.97 Å². The molecule has 2 aromatic heterocycles. The van der Waals surface area contributed by atoms with E-state index >= 15 is 0 Å². The van der Waals surface area contributed by atoms with Gasteiger partial charge in [0.25, 0.3) is 5.91 Å². The van der Waals surface area contributed by atoms with Crippen LogP contribution in [-0.2, 0) is 6.61 Å². The largest absolute Gasteiger partial charge is 0.486 e. The molecule has 1 amide bonds. The summed E-state index contributed by atoms with van der Waals surface area (Å²) in [5.74, 6) is 1.20. The van der Waals surface area contributed by atoms with E-state index in [9.17, 15) is 4.79 Å². The SMILES string of the molecule is O=C(Nc1cccc2cccnc12)c1ccc(OCc2nc(C3CC3)cs2)cc1. The van der Waals surface area contributed by atoms with Crippen molar-refractivity contribution >= 4 is 33.8 Å². The van der Waals surface area contributed by atoms with Crippen LogP contribution < -0.4 is 10.1 Å². The highest BCUT2D eigenvalue weighted by Crippen LogP contribution is 2.40. The number of amides is 1. The molecule has 5 nitrogen and oxygen atoms in total. The molecular weight excluding hydrogens is 382 g/mol. The summed E-state index contributed by atoms with van der Waals surface area (Å²) >= 11 is 1.64. The van der Waals surface area contributed by atoms with Crippen LogP contribution in [0.3, 0.4) is 0 Å². The van der Waals surface area contributed by atoms with Crippen molar-refractivity contribution in [1.29, 1.82) is 0 Å². The van der Waals surface area contributed by atoms with Crippen LogP contribution in [0.4, 0.5) is 5.69 Å². The molecule has 1 aliphatic carbocycles. The third-order valence-corrected chi connectivity index (χ3v) is 5.77. The standard InChI is InChI=1S/C23H19N3O2S/c27-23(26-19-5-1-3-16-4-2-12-24-22(16)19)17-8-10-18(11-9-17)28-13-21-25-20(14-29-21)15-6-7-15/h1-5,8-12,14-15H,6-7,13H2,(H,26,27). The van der Waals surface area contributed by atoms with Gasteiger partial charge in [-0.3, -0.25) is 9.78 Å². The number of carbonyl (C=O) groups is 1. The van der Waals surface area contributed by atoms with Crippen LogP contribution in [-0.4, -0.2) is 15.9 Å². The van der Waals surface area contributed by atoms with Crippen molar-refractivity contribution in [3.63, 3.8) is 0 Å². The number of anilines is 1. The van der Waals surface area contributed by atoms with Gasteiger partial charge in [-0.15, -0.1) is 11.3 Å². The first-order valence-electron chi connectivity index (χ1n) is 9.58. The minimum Gasteiger partial charge on any atom is -0.486 e.